The van der Waals surface area contributed by atoms with Crippen molar-refractivity contribution in [1.29, 1.82) is 10.5 Å². The molecule has 2 N–H and O–H groups in total. The average molecular weight is 300 g/mol. The molecule has 0 radical (unpaired) electrons. The number of hydrogen-bond donors (Lipinski definition) is 2. The number of hydrogen-bond acceptors (Lipinski definition) is 5. The Balaban J connectivity index is 2.61. The lowest BCUT2D eigenvalue weighted by Gasteiger charge is -2.04. The van der Waals surface area contributed by atoms with Gasteiger partial charge < -0.3 is 10.6 Å². The molecule has 0 atom stereocenters. The van der Waals surface area contributed by atoms with Crippen molar-refractivity contribution in [3.63, 3.8) is 0 Å². The predicted molar refractivity (Wildman–Crippen MR) is 83.1 cm³/mol. The molecule has 5 nitrogen and oxygen atoms in total. The molecule has 1 aromatic rings. The fraction of sp³-hybridized carbons (Fsp3) is 0.267. The molecule has 0 aliphatic carbocycles. The molecule has 0 spiro atoms. The van der Waals surface area contributed by atoms with Crippen molar-refractivity contribution in [2.45, 2.75) is 24.7 Å². The first kappa shape index (κ1) is 16.6. The summed E-state index contributed by atoms with van der Waals surface area (Å²) in [5.41, 5.74) is 0.771. The van der Waals surface area contributed by atoms with Gasteiger partial charge in [-0.05, 0) is 42.4 Å². The van der Waals surface area contributed by atoms with Gasteiger partial charge in [-0.1, -0.05) is 13.3 Å². The van der Waals surface area contributed by atoms with E-state index >= 15 is 0 Å². The van der Waals surface area contributed by atoms with E-state index in [1.54, 1.807) is 24.3 Å². The lowest BCUT2D eigenvalue weighted by Crippen LogP contribution is -2.25. The van der Waals surface area contributed by atoms with Crippen LogP contribution < -0.4 is 10.6 Å². The summed E-state index contributed by atoms with van der Waals surface area (Å²) in [7, 11) is 0. The third kappa shape index (κ3) is 6.03. The normalized spacial score (nSPS) is 10.3. The van der Waals surface area contributed by atoms with E-state index < -0.39 is 0 Å². The first-order valence-electron chi connectivity index (χ1n) is 6.52. The molecular formula is C15H16N4OS. The lowest BCUT2D eigenvalue weighted by molar-refractivity contribution is -0.117. The van der Waals surface area contributed by atoms with Gasteiger partial charge in [0.2, 0.25) is 0 Å². The molecule has 1 rings (SSSR count). The van der Waals surface area contributed by atoms with Crippen LogP contribution in [0, 0.1) is 22.0 Å². The summed E-state index contributed by atoms with van der Waals surface area (Å²) < 4.78 is 0. The van der Waals surface area contributed by atoms with Crippen molar-refractivity contribution >= 4 is 23.4 Å². The smallest absolute Gasteiger partial charge is 0.263 e. The molecule has 0 heterocycles. The van der Waals surface area contributed by atoms with Crippen LogP contribution in [0.5, 0.6) is 0 Å². The molecule has 0 saturated carbocycles. The van der Waals surface area contributed by atoms with E-state index in [0.717, 1.165) is 35.2 Å². The van der Waals surface area contributed by atoms with Crippen LogP contribution in [-0.2, 0) is 4.79 Å². The van der Waals surface area contributed by atoms with Crippen LogP contribution in [0.15, 0.2) is 40.9 Å². The van der Waals surface area contributed by atoms with Crippen molar-refractivity contribution in [3.05, 3.63) is 36.0 Å². The third-order valence-electron chi connectivity index (χ3n) is 2.58. The number of nitrogens with zero attached hydrogens (tertiary/aromatic N) is 2. The largest absolute Gasteiger partial charge is 0.360 e. The second-order valence-electron chi connectivity index (χ2n) is 4.14. The van der Waals surface area contributed by atoms with E-state index in [0.29, 0.717) is 6.54 Å². The van der Waals surface area contributed by atoms with Gasteiger partial charge in [-0.2, -0.15) is 10.5 Å². The Morgan fingerprint density at radius 3 is 2.62 bits per heavy atom. The van der Waals surface area contributed by atoms with Crippen molar-refractivity contribution in [1.82, 2.24) is 5.32 Å². The van der Waals surface area contributed by atoms with Gasteiger partial charge in [0.1, 0.15) is 17.0 Å². The number of unbranched alkanes of at least 4 members (excludes halogenated alkanes) is 1. The summed E-state index contributed by atoms with van der Waals surface area (Å²) in [6.07, 6.45) is 3.25. The number of thioether (sulfide) groups is 1. The first-order valence-corrected chi connectivity index (χ1v) is 7.34. The number of benzene rings is 1. The van der Waals surface area contributed by atoms with Crippen molar-refractivity contribution in [2.75, 3.05) is 11.9 Å². The van der Waals surface area contributed by atoms with E-state index in [1.807, 2.05) is 18.4 Å². The Kier molecular flexibility index (Phi) is 7.49. The molecule has 0 saturated heterocycles. The summed E-state index contributed by atoms with van der Waals surface area (Å²) in [5.74, 6) is -0.380. The second kappa shape index (κ2) is 9.46. The highest BCUT2D eigenvalue weighted by Gasteiger charge is 2.07. The van der Waals surface area contributed by atoms with E-state index in [2.05, 4.69) is 10.6 Å². The standard InChI is InChI=1S/C15H16N4OS/c1-2-3-8-18-15(20)12(9-16)10-19-13-4-6-14(7-5-13)21-11-17/h4-7,10,19H,2-3,8H2,1H3,(H,18,20)/b12-10-. The minimum atomic E-state index is -0.380. The zero-order valence-electron chi connectivity index (χ0n) is 11.7. The fourth-order valence-electron chi connectivity index (χ4n) is 1.45. The topological polar surface area (TPSA) is 88.7 Å². The summed E-state index contributed by atoms with van der Waals surface area (Å²) in [6.45, 7) is 2.59. The Hall–Kier alpha value is -2.44. The van der Waals surface area contributed by atoms with Gasteiger partial charge in [-0.25, -0.2) is 0 Å². The number of carbonyl (C=O) groups is 1. The molecule has 0 aliphatic heterocycles. The number of nitriles is 2. The molecule has 1 amide bonds. The highest BCUT2D eigenvalue weighted by molar-refractivity contribution is 8.03. The molecular weight excluding hydrogens is 284 g/mol. The van der Waals surface area contributed by atoms with Crippen molar-refractivity contribution in [2.24, 2.45) is 0 Å². The molecule has 0 bridgehead atoms. The maximum atomic E-state index is 11.7. The van der Waals surface area contributed by atoms with Crippen LogP contribution in [0.3, 0.4) is 0 Å². The molecule has 6 heteroatoms. The Morgan fingerprint density at radius 2 is 2.05 bits per heavy atom. The summed E-state index contributed by atoms with van der Waals surface area (Å²) in [6, 6.07) is 9.00. The van der Waals surface area contributed by atoms with E-state index in [4.69, 9.17) is 10.5 Å². The third-order valence-corrected chi connectivity index (χ3v) is 3.18. The highest BCUT2D eigenvalue weighted by atomic mass is 32.2. The Labute approximate surface area is 128 Å². The number of anilines is 1. The number of nitrogens with one attached hydrogen (secondary N) is 2. The number of thiocyanates is 1. The highest BCUT2D eigenvalue weighted by Crippen LogP contribution is 2.19. The van der Waals surface area contributed by atoms with Crippen LogP contribution in [0.25, 0.3) is 0 Å². The number of amides is 1. The van der Waals surface area contributed by atoms with Gasteiger partial charge in [-0.15, -0.1) is 0 Å². The van der Waals surface area contributed by atoms with Crippen LogP contribution in [0.4, 0.5) is 5.69 Å². The zero-order chi connectivity index (χ0) is 15.5. The summed E-state index contributed by atoms with van der Waals surface area (Å²) in [5, 5.41) is 25.1. The van der Waals surface area contributed by atoms with Gasteiger partial charge >= 0.3 is 0 Å². The van der Waals surface area contributed by atoms with Crippen LogP contribution >= 0.6 is 11.8 Å². The van der Waals surface area contributed by atoms with Gasteiger partial charge in [-0.3, -0.25) is 4.79 Å². The molecule has 1 aromatic carbocycles. The van der Waals surface area contributed by atoms with Gasteiger partial charge in [0.25, 0.3) is 5.91 Å². The van der Waals surface area contributed by atoms with Crippen molar-refractivity contribution in [3.8, 4) is 11.5 Å². The molecule has 108 valence electrons. The molecule has 0 aliphatic rings. The average Bonchev–Trinajstić information content (AvgIpc) is 2.50. The Bertz CT molecular complexity index is 581. The number of rotatable bonds is 7. The molecule has 0 fully saturated rings. The zero-order valence-corrected chi connectivity index (χ0v) is 12.5. The maximum Gasteiger partial charge on any atom is 0.263 e. The SMILES string of the molecule is CCCCNC(=O)/C(C#N)=C\Nc1ccc(SC#N)cc1. The van der Waals surface area contributed by atoms with Crippen LogP contribution in [0.2, 0.25) is 0 Å². The van der Waals surface area contributed by atoms with Gasteiger partial charge in [0, 0.05) is 23.3 Å². The lowest BCUT2D eigenvalue weighted by atomic mass is 10.2. The van der Waals surface area contributed by atoms with E-state index in [1.165, 1.54) is 6.20 Å². The first-order chi connectivity index (χ1) is 10.2. The number of carbonyl (C=O) groups excluding carboxylic acids is 1. The van der Waals surface area contributed by atoms with Crippen molar-refractivity contribution < 1.29 is 4.79 Å². The second-order valence-corrected chi connectivity index (χ2v) is 5.00. The fourth-order valence-corrected chi connectivity index (χ4v) is 1.83. The molecule has 0 unspecified atom stereocenters. The Morgan fingerprint density at radius 1 is 1.33 bits per heavy atom. The van der Waals surface area contributed by atoms with Crippen LogP contribution in [0.1, 0.15) is 19.8 Å². The minimum Gasteiger partial charge on any atom is -0.360 e. The maximum absolute atomic E-state index is 11.7. The van der Waals surface area contributed by atoms with Gasteiger partial charge in [0.15, 0.2) is 0 Å². The predicted octanol–water partition coefficient (Wildman–Crippen LogP) is 3.00. The van der Waals surface area contributed by atoms with E-state index in [-0.39, 0.29) is 11.5 Å². The van der Waals surface area contributed by atoms with Crippen LogP contribution in [-0.4, -0.2) is 12.5 Å². The van der Waals surface area contributed by atoms with Gasteiger partial charge in [0.05, 0.1) is 0 Å². The van der Waals surface area contributed by atoms with E-state index in [9.17, 15) is 4.79 Å². The quantitative estimate of drug-likeness (QED) is 0.266. The summed E-state index contributed by atoms with van der Waals surface area (Å²) in [4.78, 5) is 12.6. The molecule has 0 aromatic heterocycles. The molecule has 21 heavy (non-hydrogen) atoms. The summed E-state index contributed by atoms with van der Waals surface area (Å²) >= 11 is 1.07. The minimum absolute atomic E-state index is 0.0292. The monoisotopic (exact) mass is 300 g/mol.